The Labute approximate surface area is 73.0 Å². The maximum Gasteiger partial charge on any atom is 0.0268 e. The van der Waals surface area contributed by atoms with E-state index in [-0.39, 0.29) is 0 Å². The van der Waals surface area contributed by atoms with E-state index in [2.05, 4.69) is 44.2 Å². The van der Waals surface area contributed by atoms with Gasteiger partial charge in [0.1, 0.15) is 0 Å². The summed E-state index contributed by atoms with van der Waals surface area (Å²) in [5.74, 6) is 1.19. The van der Waals surface area contributed by atoms with Crippen molar-refractivity contribution in [3.05, 3.63) is 35.9 Å². The van der Waals surface area contributed by atoms with Crippen LogP contribution in [0.4, 0.5) is 0 Å². The highest BCUT2D eigenvalue weighted by molar-refractivity contribution is 7.99. The van der Waals surface area contributed by atoms with Crippen LogP contribution >= 0.6 is 11.8 Å². The molecule has 0 N–H and O–H groups in total. The molecule has 0 unspecified atom stereocenters. The van der Waals surface area contributed by atoms with Crippen LogP contribution in [0.3, 0.4) is 0 Å². The van der Waals surface area contributed by atoms with Gasteiger partial charge in [-0.15, -0.1) is 0 Å². The van der Waals surface area contributed by atoms with E-state index >= 15 is 0 Å². The van der Waals surface area contributed by atoms with Crippen molar-refractivity contribution in [2.45, 2.75) is 19.1 Å². The Morgan fingerprint density at radius 3 is 2.45 bits per heavy atom. The predicted molar refractivity (Wildman–Crippen MR) is 53.0 cm³/mol. The molecule has 0 bridgehead atoms. The Bertz CT molecular complexity index is 193. The monoisotopic (exact) mass is 166 g/mol. The van der Waals surface area contributed by atoms with Crippen LogP contribution in [0, 0.1) is 0 Å². The van der Waals surface area contributed by atoms with Crippen molar-refractivity contribution >= 4 is 11.8 Å². The van der Waals surface area contributed by atoms with E-state index in [1.54, 1.807) is 0 Å². The Morgan fingerprint density at radius 1 is 1.27 bits per heavy atom. The van der Waals surface area contributed by atoms with Gasteiger partial charge in [0.05, 0.1) is 0 Å². The van der Waals surface area contributed by atoms with Crippen molar-refractivity contribution in [3.63, 3.8) is 0 Å². The molecule has 0 radical (unpaired) electrons. The van der Waals surface area contributed by atoms with E-state index in [1.165, 1.54) is 11.3 Å². The molecule has 11 heavy (non-hydrogen) atoms. The lowest BCUT2D eigenvalue weighted by atomic mass is 10.2. The third kappa shape index (κ3) is 2.58. The lowest BCUT2D eigenvalue weighted by Gasteiger charge is -2.08. The minimum absolute atomic E-state index is 0.640. The molecule has 1 aromatic rings. The Morgan fingerprint density at radius 2 is 1.91 bits per heavy atom. The smallest absolute Gasteiger partial charge is 0.0268 e. The van der Waals surface area contributed by atoms with Crippen LogP contribution in [-0.4, -0.2) is 5.75 Å². The molecule has 1 atom stereocenters. The van der Waals surface area contributed by atoms with Gasteiger partial charge in [0.15, 0.2) is 0 Å². The minimum atomic E-state index is 0.640. The number of thioether (sulfide) groups is 1. The van der Waals surface area contributed by atoms with Crippen LogP contribution in [0.2, 0.25) is 0 Å². The van der Waals surface area contributed by atoms with Crippen molar-refractivity contribution in [2.75, 3.05) is 5.75 Å². The maximum absolute atomic E-state index is 2.25. The van der Waals surface area contributed by atoms with Crippen LogP contribution in [0.15, 0.2) is 30.3 Å². The molecule has 0 amide bonds. The molecule has 0 saturated heterocycles. The van der Waals surface area contributed by atoms with E-state index in [4.69, 9.17) is 0 Å². The first-order valence-corrected chi connectivity index (χ1v) is 5.06. The van der Waals surface area contributed by atoms with Crippen molar-refractivity contribution in [3.8, 4) is 0 Å². The Hall–Kier alpha value is -0.430. The third-order valence-corrected chi connectivity index (χ3v) is 2.79. The highest BCUT2D eigenvalue weighted by atomic mass is 32.2. The standard InChI is InChI=1S/C10H14S/c1-3-11-9(2)10-7-5-4-6-8-10/h4-9H,3H2,1-2H3/t9-/m0/s1. The molecule has 1 rings (SSSR count). The second-order valence-corrected chi connectivity index (χ2v) is 4.13. The first-order chi connectivity index (χ1) is 5.34. The zero-order valence-corrected chi connectivity index (χ0v) is 7.90. The maximum atomic E-state index is 2.25. The molecule has 0 aliphatic carbocycles. The van der Waals surface area contributed by atoms with Crippen LogP contribution < -0.4 is 0 Å². The van der Waals surface area contributed by atoms with Gasteiger partial charge in [-0.05, 0) is 18.2 Å². The van der Waals surface area contributed by atoms with Gasteiger partial charge in [-0.3, -0.25) is 0 Å². The molecule has 0 heterocycles. The van der Waals surface area contributed by atoms with Gasteiger partial charge >= 0.3 is 0 Å². The lowest BCUT2D eigenvalue weighted by Crippen LogP contribution is -1.86. The normalized spacial score (nSPS) is 12.9. The largest absolute Gasteiger partial charge is 0.154 e. The molecule has 0 nitrogen and oxygen atoms in total. The van der Waals surface area contributed by atoms with Crippen LogP contribution in [0.5, 0.6) is 0 Å². The van der Waals surface area contributed by atoms with Gasteiger partial charge < -0.3 is 0 Å². The minimum Gasteiger partial charge on any atom is -0.154 e. The van der Waals surface area contributed by atoms with Crippen molar-refractivity contribution in [1.82, 2.24) is 0 Å². The third-order valence-electron chi connectivity index (χ3n) is 1.69. The fourth-order valence-corrected chi connectivity index (χ4v) is 1.92. The van der Waals surface area contributed by atoms with Gasteiger partial charge in [0.2, 0.25) is 0 Å². The predicted octanol–water partition coefficient (Wildman–Crippen LogP) is 3.50. The van der Waals surface area contributed by atoms with Crippen molar-refractivity contribution in [2.24, 2.45) is 0 Å². The summed E-state index contributed by atoms with van der Waals surface area (Å²) in [6, 6.07) is 10.6. The number of benzene rings is 1. The summed E-state index contributed by atoms with van der Waals surface area (Å²) in [5.41, 5.74) is 1.43. The molecule has 0 fully saturated rings. The zero-order chi connectivity index (χ0) is 8.10. The van der Waals surface area contributed by atoms with E-state index in [0.717, 1.165) is 0 Å². The lowest BCUT2D eigenvalue weighted by molar-refractivity contribution is 1.10. The van der Waals surface area contributed by atoms with E-state index in [1.807, 2.05) is 11.8 Å². The first kappa shape index (κ1) is 8.66. The average Bonchev–Trinajstić information content (AvgIpc) is 2.07. The SMILES string of the molecule is CCS[C@@H](C)c1ccccc1. The molecule has 0 saturated carbocycles. The number of hydrogen-bond acceptors (Lipinski definition) is 1. The highest BCUT2D eigenvalue weighted by Crippen LogP contribution is 2.26. The molecule has 1 aromatic carbocycles. The average molecular weight is 166 g/mol. The highest BCUT2D eigenvalue weighted by Gasteiger charge is 2.01. The zero-order valence-electron chi connectivity index (χ0n) is 7.08. The van der Waals surface area contributed by atoms with Gasteiger partial charge in [-0.2, -0.15) is 11.8 Å². The van der Waals surface area contributed by atoms with E-state index in [0.29, 0.717) is 5.25 Å². The summed E-state index contributed by atoms with van der Waals surface area (Å²) in [4.78, 5) is 0. The van der Waals surface area contributed by atoms with Crippen LogP contribution in [0.1, 0.15) is 24.7 Å². The topological polar surface area (TPSA) is 0 Å². The molecule has 0 aliphatic rings. The molecular formula is C10H14S. The number of hydrogen-bond donors (Lipinski definition) is 0. The molecule has 0 aliphatic heterocycles. The Kier molecular flexibility index (Phi) is 3.50. The molecular weight excluding hydrogens is 152 g/mol. The summed E-state index contributed by atoms with van der Waals surface area (Å²) in [7, 11) is 0. The first-order valence-electron chi connectivity index (χ1n) is 4.01. The van der Waals surface area contributed by atoms with Gasteiger partial charge in [0.25, 0.3) is 0 Å². The van der Waals surface area contributed by atoms with E-state index in [9.17, 15) is 0 Å². The molecule has 60 valence electrons. The number of rotatable bonds is 3. The summed E-state index contributed by atoms with van der Waals surface area (Å²) in [5, 5.41) is 0.640. The summed E-state index contributed by atoms with van der Waals surface area (Å²) in [6.45, 7) is 4.45. The second kappa shape index (κ2) is 4.45. The van der Waals surface area contributed by atoms with E-state index < -0.39 is 0 Å². The van der Waals surface area contributed by atoms with Crippen LogP contribution in [0.25, 0.3) is 0 Å². The fourth-order valence-electron chi connectivity index (χ4n) is 1.07. The van der Waals surface area contributed by atoms with Gasteiger partial charge in [0, 0.05) is 5.25 Å². The van der Waals surface area contributed by atoms with Gasteiger partial charge in [-0.25, -0.2) is 0 Å². The van der Waals surface area contributed by atoms with Gasteiger partial charge in [-0.1, -0.05) is 37.3 Å². The van der Waals surface area contributed by atoms with Crippen LogP contribution in [-0.2, 0) is 0 Å². The van der Waals surface area contributed by atoms with Crippen molar-refractivity contribution in [1.29, 1.82) is 0 Å². The summed E-state index contributed by atoms with van der Waals surface area (Å²) in [6.07, 6.45) is 0. The van der Waals surface area contributed by atoms with Crippen molar-refractivity contribution < 1.29 is 0 Å². The molecule has 0 aromatic heterocycles. The molecule has 1 heteroatoms. The fraction of sp³-hybridized carbons (Fsp3) is 0.400. The summed E-state index contributed by atoms with van der Waals surface area (Å²) >= 11 is 1.98. The second-order valence-electron chi connectivity index (χ2n) is 2.51. The summed E-state index contributed by atoms with van der Waals surface area (Å²) < 4.78 is 0. The molecule has 0 spiro atoms. The quantitative estimate of drug-likeness (QED) is 0.662. The Balaban J connectivity index is 2.61.